The van der Waals surface area contributed by atoms with E-state index >= 15 is 0 Å². The Balaban J connectivity index is 4.60. The molecule has 0 atom stereocenters. The third-order valence-electron chi connectivity index (χ3n) is 2.40. The van der Waals surface area contributed by atoms with Gasteiger partial charge in [-0.25, -0.2) is 0 Å². The van der Waals surface area contributed by atoms with Crippen molar-refractivity contribution in [2.75, 3.05) is 13.2 Å². The number of carbonyl (C=O) groups excluding carboxylic acids is 3. The van der Waals surface area contributed by atoms with Gasteiger partial charge in [-0.05, 0) is 40.5 Å². The number of rotatable bonds is 8. The fraction of sp³-hybridized carbons (Fsp3) is 0.800. The molecule has 122 valence electrons. The molecule has 0 aliphatic heterocycles. The second kappa shape index (κ2) is 9.37. The lowest BCUT2D eigenvalue weighted by molar-refractivity contribution is -0.157. The lowest BCUT2D eigenvalue weighted by Gasteiger charge is -2.21. The zero-order valence-electron chi connectivity index (χ0n) is 13.6. The van der Waals surface area contributed by atoms with Crippen molar-refractivity contribution in [3.8, 4) is 0 Å². The van der Waals surface area contributed by atoms with E-state index in [1.165, 1.54) is 0 Å². The summed E-state index contributed by atoms with van der Waals surface area (Å²) < 4.78 is 14.9. The van der Waals surface area contributed by atoms with Crippen molar-refractivity contribution in [2.45, 2.75) is 59.5 Å². The van der Waals surface area contributed by atoms with Gasteiger partial charge in [-0.3, -0.25) is 14.4 Å². The molecule has 6 nitrogen and oxygen atoms in total. The molecule has 0 aromatic rings. The Labute approximate surface area is 126 Å². The molecule has 6 heteroatoms. The molecule has 0 aromatic heterocycles. The number of esters is 3. The van der Waals surface area contributed by atoms with E-state index in [2.05, 4.69) is 0 Å². The van der Waals surface area contributed by atoms with Gasteiger partial charge in [0.2, 0.25) is 0 Å². The number of hydrogen-bond donors (Lipinski definition) is 0. The van der Waals surface area contributed by atoms with E-state index in [4.69, 9.17) is 14.2 Å². The molecule has 0 rings (SSSR count). The second-order valence-electron chi connectivity index (χ2n) is 5.67. The Hall–Kier alpha value is -1.59. The van der Waals surface area contributed by atoms with Gasteiger partial charge in [-0.15, -0.1) is 0 Å². The Bertz CT molecular complexity index is 336. The van der Waals surface area contributed by atoms with Crippen LogP contribution >= 0.6 is 0 Å². The molecule has 0 aromatic carbocycles. The van der Waals surface area contributed by atoms with Crippen LogP contribution in [0, 0.1) is 5.92 Å². The molecule has 0 heterocycles. The summed E-state index contributed by atoms with van der Waals surface area (Å²) in [7, 11) is 0. The number of ether oxygens (including phenoxy) is 3. The fourth-order valence-corrected chi connectivity index (χ4v) is 1.75. The summed E-state index contributed by atoms with van der Waals surface area (Å²) in [4.78, 5) is 34.9. The van der Waals surface area contributed by atoms with Gasteiger partial charge in [-0.1, -0.05) is 0 Å². The van der Waals surface area contributed by atoms with E-state index in [0.29, 0.717) is 0 Å². The monoisotopic (exact) mass is 302 g/mol. The van der Waals surface area contributed by atoms with Gasteiger partial charge >= 0.3 is 17.9 Å². The van der Waals surface area contributed by atoms with Crippen molar-refractivity contribution < 1.29 is 28.6 Å². The summed E-state index contributed by atoms with van der Waals surface area (Å²) in [6.07, 6.45) is -0.0350. The summed E-state index contributed by atoms with van der Waals surface area (Å²) in [6, 6.07) is 0. The second-order valence-corrected chi connectivity index (χ2v) is 5.67. The van der Waals surface area contributed by atoms with Gasteiger partial charge in [0, 0.05) is 19.3 Å². The smallest absolute Gasteiger partial charge is 0.306 e. The molecular formula is C15H26O6. The molecule has 0 spiro atoms. The quantitative estimate of drug-likeness (QED) is 0.505. The van der Waals surface area contributed by atoms with Crippen molar-refractivity contribution in [2.24, 2.45) is 5.92 Å². The number of hydrogen-bond acceptors (Lipinski definition) is 6. The van der Waals surface area contributed by atoms with E-state index in [1.807, 2.05) is 0 Å². The van der Waals surface area contributed by atoms with Crippen LogP contribution in [0.2, 0.25) is 0 Å². The predicted octanol–water partition coefficient (Wildman–Crippen LogP) is 2.24. The van der Waals surface area contributed by atoms with Crippen molar-refractivity contribution >= 4 is 17.9 Å². The minimum atomic E-state index is -0.602. The van der Waals surface area contributed by atoms with Crippen LogP contribution in [0.3, 0.4) is 0 Å². The molecule has 0 unspecified atom stereocenters. The summed E-state index contributed by atoms with van der Waals surface area (Å²) in [6.45, 7) is 9.21. The van der Waals surface area contributed by atoms with Crippen molar-refractivity contribution in [1.82, 2.24) is 0 Å². The van der Waals surface area contributed by atoms with Crippen LogP contribution in [-0.2, 0) is 28.6 Å². The van der Waals surface area contributed by atoms with Gasteiger partial charge in [0.25, 0.3) is 0 Å². The van der Waals surface area contributed by atoms with E-state index in [1.54, 1.807) is 34.6 Å². The average molecular weight is 302 g/mol. The molecule has 0 aliphatic rings. The summed E-state index contributed by atoms with van der Waals surface area (Å²) in [5, 5.41) is 0. The summed E-state index contributed by atoms with van der Waals surface area (Å²) >= 11 is 0. The highest BCUT2D eigenvalue weighted by Crippen LogP contribution is 2.19. The molecule has 21 heavy (non-hydrogen) atoms. The van der Waals surface area contributed by atoms with Crippen LogP contribution in [0.5, 0.6) is 0 Å². The van der Waals surface area contributed by atoms with Gasteiger partial charge in [0.15, 0.2) is 0 Å². The lowest BCUT2D eigenvalue weighted by Crippen LogP contribution is -2.27. The van der Waals surface area contributed by atoms with Gasteiger partial charge in [-0.2, -0.15) is 0 Å². The Morgan fingerprint density at radius 1 is 0.810 bits per heavy atom. The first-order valence-corrected chi connectivity index (χ1v) is 7.21. The maximum atomic E-state index is 11.8. The Morgan fingerprint density at radius 2 is 1.19 bits per heavy atom. The highest BCUT2D eigenvalue weighted by atomic mass is 16.6. The molecule has 0 radical (unpaired) electrons. The van der Waals surface area contributed by atoms with Crippen molar-refractivity contribution in [1.29, 1.82) is 0 Å². The SMILES string of the molecule is CCOC(=O)CC(CC(=O)OCC)CC(=O)OC(C)(C)C. The average Bonchev–Trinajstić information content (AvgIpc) is 2.25. The molecular weight excluding hydrogens is 276 g/mol. The molecule has 0 N–H and O–H groups in total. The normalized spacial score (nSPS) is 11.1. The van der Waals surface area contributed by atoms with Crippen molar-refractivity contribution in [3.63, 3.8) is 0 Å². The standard InChI is InChI=1S/C15H26O6/c1-6-19-12(16)8-11(9-13(17)20-7-2)10-14(18)21-15(3,4)5/h11H,6-10H2,1-5H3. The van der Waals surface area contributed by atoms with E-state index in [-0.39, 0.29) is 32.5 Å². The molecule has 0 bridgehead atoms. The highest BCUT2D eigenvalue weighted by Gasteiger charge is 2.25. The zero-order chi connectivity index (χ0) is 16.5. The van der Waals surface area contributed by atoms with Crippen LogP contribution in [0.1, 0.15) is 53.9 Å². The molecule has 0 fully saturated rings. The van der Waals surface area contributed by atoms with Crippen LogP contribution in [0.4, 0.5) is 0 Å². The molecule has 0 aliphatic carbocycles. The predicted molar refractivity (Wildman–Crippen MR) is 76.5 cm³/mol. The Kier molecular flexibility index (Phi) is 8.66. The first-order valence-electron chi connectivity index (χ1n) is 7.21. The maximum Gasteiger partial charge on any atom is 0.306 e. The fourth-order valence-electron chi connectivity index (χ4n) is 1.75. The Morgan fingerprint density at radius 3 is 1.52 bits per heavy atom. The molecule has 0 saturated carbocycles. The number of carbonyl (C=O) groups is 3. The zero-order valence-corrected chi connectivity index (χ0v) is 13.6. The largest absolute Gasteiger partial charge is 0.466 e. The van der Waals surface area contributed by atoms with Crippen LogP contribution in [0.15, 0.2) is 0 Å². The molecule has 0 amide bonds. The van der Waals surface area contributed by atoms with Gasteiger partial charge < -0.3 is 14.2 Å². The molecule has 0 saturated heterocycles. The van der Waals surface area contributed by atoms with Crippen LogP contribution in [0.25, 0.3) is 0 Å². The summed E-state index contributed by atoms with van der Waals surface area (Å²) in [5.74, 6) is -1.79. The highest BCUT2D eigenvalue weighted by molar-refractivity contribution is 5.76. The van der Waals surface area contributed by atoms with Crippen LogP contribution in [-0.4, -0.2) is 36.7 Å². The maximum absolute atomic E-state index is 11.8. The summed E-state index contributed by atoms with van der Waals surface area (Å²) in [5.41, 5.74) is -0.602. The minimum Gasteiger partial charge on any atom is -0.466 e. The van der Waals surface area contributed by atoms with Gasteiger partial charge in [0.1, 0.15) is 5.60 Å². The third kappa shape index (κ3) is 10.8. The first kappa shape index (κ1) is 19.4. The van der Waals surface area contributed by atoms with E-state index in [0.717, 1.165) is 0 Å². The first-order chi connectivity index (χ1) is 9.67. The van der Waals surface area contributed by atoms with Gasteiger partial charge in [0.05, 0.1) is 13.2 Å². The van der Waals surface area contributed by atoms with E-state index in [9.17, 15) is 14.4 Å². The lowest BCUT2D eigenvalue weighted by atomic mass is 9.97. The van der Waals surface area contributed by atoms with Crippen molar-refractivity contribution in [3.05, 3.63) is 0 Å². The van der Waals surface area contributed by atoms with E-state index < -0.39 is 29.4 Å². The third-order valence-corrected chi connectivity index (χ3v) is 2.40. The van der Waals surface area contributed by atoms with Crippen LogP contribution < -0.4 is 0 Å². The minimum absolute atomic E-state index is 0.00804. The topological polar surface area (TPSA) is 78.9 Å².